The maximum absolute atomic E-state index is 14.1. The van der Waals surface area contributed by atoms with Crippen LogP contribution in [-0.4, -0.2) is 19.3 Å². The van der Waals surface area contributed by atoms with Crippen molar-refractivity contribution in [3.8, 4) is 0 Å². The van der Waals surface area contributed by atoms with Crippen molar-refractivity contribution in [2.24, 2.45) is 0 Å². The highest BCUT2D eigenvalue weighted by molar-refractivity contribution is 7.89. The van der Waals surface area contributed by atoms with Gasteiger partial charge in [0.25, 0.3) is 0 Å². The van der Waals surface area contributed by atoms with Gasteiger partial charge in [-0.1, -0.05) is 12.8 Å². The van der Waals surface area contributed by atoms with Gasteiger partial charge >= 0.3 is 0 Å². The first-order chi connectivity index (χ1) is 11.4. The number of hydrogen-bond acceptors (Lipinski definition) is 3. The summed E-state index contributed by atoms with van der Waals surface area (Å²) in [5.74, 6) is -1.67. The first kappa shape index (κ1) is 17.5. The van der Waals surface area contributed by atoms with Gasteiger partial charge in [0.05, 0.1) is 6.04 Å². The maximum atomic E-state index is 14.1. The van der Waals surface area contributed by atoms with Gasteiger partial charge in [-0.3, -0.25) is 0 Å². The van der Waals surface area contributed by atoms with Gasteiger partial charge in [-0.25, -0.2) is 17.2 Å². The average Bonchev–Trinajstić information content (AvgIpc) is 2.82. The van der Waals surface area contributed by atoms with E-state index in [1.54, 1.807) is 0 Å². The number of sulfonamides is 1. The SMILES string of the molecule is Cc1ccsc1[C@H]1CCCCCN1S(=O)(=O)c1cc(F)ccc1F. The zero-order valence-electron chi connectivity index (χ0n) is 13.3. The minimum Gasteiger partial charge on any atom is -0.207 e. The summed E-state index contributed by atoms with van der Waals surface area (Å²) < 4.78 is 55.1. The summed E-state index contributed by atoms with van der Waals surface area (Å²) in [6.07, 6.45) is 3.26. The molecule has 3 nitrogen and oxygen atoms in total. The molecule has 0 radical (unpaired) electrons. The second-order valence-electron chi connectivity index (χ2n) is 6.02. The molecule has 1 fully saturated rings. The smallest absolute Gasteiger partial charge is 0.207 e. The van der Waals surface area contributed by atoms with Gasteiger partial charge in [0.1, 0.15) is 16.5 Å². The number of nitrogens with zero attached hydrogens (tertiary/aromatic N) is 1. The molecule has 0 amide bonds. The van der Waals surface area contributed by atoms with Gasteiger partial charge in [-0.15, -0.1) is 11.3 Å². The van der Waals surface area contributed by atoms with Crippen LogP contribution in [0, 0.1) is 18.6 Å². The highest BCUT2D eigenvalue weighted by Crippen LogP contribution is 2.38. The van der Waals surface area contributed by atoms with Crippen molar-refractivity contribution in [2.45, 2.75) is 43.5 Å². The zero-order valence-corrected chi connectivity index (χ0v) is 15.0. The normalized spacial score (nSPS) is 20.0. The third-order valence-corrected chi connectivity index (χ3v) is 7.43. The van der Waals surface area contributed by atoms with Gasteiger partial charge in [0.15, 0.2) is 0 Å². The fourth-order valence-corrected chi connectivity index (χ4v) is 6.04. The second-order valence-corrected chi connectivity index (χ2v) is 8.83. The van der Waals surface area contributed by atoms with E-state index >= 15 is 0 Å². The number of thiophene rings is 1. The van der Waals surface area contributed by atoms with E-state index in [-0.39, 0.29) is 6.04 Å². The Morgan fingerprint density at radius 2 is 1.96 bits per heavy atom. The van der Waals surface area contributed by atoms with E-state index in [2.05, 4.69) is 0 Å². The molecule has 7 heteroatoms. The van der Waals surface area contributed by atoms with Crippen LogP contribution < -0.4 is 0 Å². The molecule has 3 rings (SSSR count). The van der Waals surface area contributed by atoms with Crippen LogP contribution in [0.25, 0.3) is 0 Å². The summed E-state index contributed by atoms with van der Waals surface area (Å²) in [7, 11) is -4.11. The quantitative estimate of drug-likeness (QED) is 0.788. The third kappa shape index (κ3) is 3.25. The van der Waals surface area contributed by atoms with Crippen LogP contribution in [0.3, 0.4) is 0 Å². The van der Waals surface area contributed by atoms with E-state index in [4.69, 9.17) is 0 Å². The zero-order chi connectivity index (χ0) is 17.3. The van der Waals surface area contributed by atoms with E-state index in [1.165, 1.54) is 15.6 Å². The largest absolute Gasteiger partial charge is 0.246 e. The van der Waals surface area contributed by atoms with Crippen molar-refractivity contribution in [3.05, 3.63) is 51.7 Å². The van der Waals surface area contributed by atoms with Gasteiger partial charge in [0, 0.05) is 11.4 Å². The summed E-state index contributed by atoms with van der Waals surface area (Å²) in [6, 6.07) is 4.20. The number of hydrogen-bond donors (Lipinski definition) is 0. The molecule has 130 valence electrons. The number of benzene rings is 1. The van der Waals surface area contributed by atoms with E-state index in [0.717, 1.165) is 47.9 Å². The lowest BCUT2D eigenvalue weighted by Gasteiger charge is -2.29. The maximum Gasteiger partial charge on any atom is 0.246 e. The summed E-state index contributed by atoms with van der Waals surface area (Å²) >= 11 is 1.51. The lowest BCUT2D eigenvalue weighted by Crippen LogP contribution is -2.35. The first-order valence-electron chi connectivity index (χ1n) is 7.92. The number of halogens is 2. The molecule has 1 aromatic carbocycles. The van der Waals surface area contributed by atoms with Crippen molar-refractivity contribution < 1.29 is 17.2 Å². The highest BCUT2D eigenvalue weighted by Gasteiger charge is 2.36. The lowest BCUT2D eigenvalue weighted by atomic mass is 10.1. The average molecular weight is 371 g/mol. The standard InChI is InChI=1S/C17H19F2NO2S2/c1-12-8-10-23-17(12)15-5-3-2-4-9-20(15)24(21,22)16-11-13(18)6-7-14(16)19/h6-8,10-11,15H,2-5,9H2,1H3/t15-/m1/s1. The van der Waals surface area contributed by atoms with E-state index in [0.29, 0.717) is 13.0 Å². The van der Waals surface area contributed by atoms with Crippen LogP contribution in [0.1, 0.15) is 42.2 Å². The number of aryl methyl sites for hydroxylation is 1. The second kappa shape index (κ2) is 6.90. The van der Waals surface area contributed by atoms with Crippen LogP contribution in [0.5, 0.6) is 0 Å². The Morgan fingerprint density at radius 1 is 1.17 bits per heavy atom. The van der Waals surface area contributed by atoms with E-state index < -0.39 is 26.6 Å². The third-order valence-electron chi connectivity index (χ3n) is 4.39. The van der Waals surface area contributed by atoms with Gasteiger partial charge in [-0.2, -0.15) is 4.31 Å². The summed E-state index contributed by atoms with van der Waals surface area (Å²) in [6.45, 7) is 2.27. The molecule has 1 aliphatic heterocycles. The molecule has 0 unspecified atom stereocenters. The summed E-state index contributed by atoms with van der Waals surface area (Å²) in [4.78, 5) is 0.404. The predicted octanol–water partition coefficient (Wildman–Crippen LogP) is 4.64. The van der Waals surface area contributed by atoms with Crippen LogP contribution in [0.15, 0.2) is 34.5 Å². The molecule has 2 aromatic rings. The molecular formula is C17H19F2NO2S2. The molecular weight excluding hydrogens is 352 g/mol. The first-order valence-corrected chi connectivity index (χ1v) is 10.2. The molecule has 24 heavy (non-hydrogen) atoms. The topological polar surface area (TPSA) is 37.4 Å². The Hall–Kier alpha value is -1.31. The fourth-order valence-electron chi connectivity index (χ4n) is 3.16. The van der Waals surface area contributed by atoms with Crippen LogP contribution in [-0.2, 0) is 10.0 Å². The Morgan fingerprint density at radius 3 is 2.67 bits per heavy atom. The predicted molar refractivity (Wildman–Crippen MR) is 90.5 cm³/mol. The molecule has 1 atom stereocenters. The Balaban J connectivity index is 2.08. The van der Waals surface area contributed by atoms with Crippen LogP contribution in [0.2, 0.25) is 0 Å². The molecule has 0 N–H and O–H groups in total. The molecule has 0 saturated carbocycles. The van der Waals surface area contributed by atoms with Crippen LogP contribution in [0.4, 0.5) is 8.78 Å². The highest BCUT2D eigenvalue weighted by atomic mass is 32.2. The van der Waals surface area contributed by atoms with Crippen molar-refractivity contribution in [2.75, 3.05) is 6.54 Å². The molecule has 1 saturated heterocycles. The Kier molecular flexibility index (Phi) is 5.03. The van der Waals surface area contributed by atoms with Gasteiger partial charge in [-0.05, 0) is 55.0 Å². The molecule has 2 heterocycles. The molecule has 1 aliphatic rings. The molecule has 0 bridgehead atoms. The van der Waals surface area contributed by atoms with E-state index in [1.807, 2.05) is 18.4 Å². The Bertz CT molecular complexity index is 833. The number of rotatable bonds is 3. The van der Waals surface area contributed by atoms with Crippen molar-refractivity contribution >= 4 is 21.4 Å². The van der Waals surface area contributed by atoms with Crippen molar-refractivity contribution in [1.29, 1.82) is 0 Å². The Labute approximate surface area is 145 Å². The molecule has 1 aromatic heterocycles. The monoisotopic (exact) mass is 371 g/mol. The lowest BCUT2D eigenvalue weighted by molar-refractivity contribution is 0.330. The minimum absolute atomic E-state index is 0.319. The minimum atomic E-state index is -4.11. The van der Waals surface area contributed by atoms with Gasteiger partial charge in [0.2, 0.25) is 10.0 Å². The molecule has 0 spiro atoms. The summed E-state index contributed by atoms with van der Waals surface area (Å²) in [5.41, 5.74) is 1.03. The van der Waals surface area contributed by atoms with Crippen molar-refractivity contribution in [3.63, 3.8) is 0 Å². The fraction of sp³-hybridized carbons (Fsp3) is 0.412. The van der Waals surface area contributed by atoms with E-state index in [9.17, 15) is 17.2 Å². The van der Waals surface area contributed by atoms with Crippen LogP contribution >= 0.6 is 11.3 Å². The molecule has 0 aliphatic carbocycles. The summed E-state index contributed by atoms with van der Waals surface area (Å²) in [5, 5.41) is 1.93. The van der Waals surface area contributed by atoms with Gasteiger partial charge < -0.3 is 0 Å². The van der Waals surface area contributed by atoms with Crippen molar-refractivity contribution in [1.82, 2.24) is 4.31 Å².